The van der Waals surface area contributed by atoms with E-state index in [2.05, 4.69) is 4.52 Å². The van der Waals surface area contributed by atoms with Crippen molar-refractivity contribution in [3.8, 4) is 0 Å². The van der Waals surface area contributed by atoms with E-state index in [9.17, 15) is 22.1 Å². The fourth-order valence-electron chi connectivity index (χ4n) is 0.830. The number of halogens is 4. The van der Waals surface area contributed by atoms with Crippen molar-refractivity contribution in [1.29, 1.82) is 0 Å². The average Bonchev–Trinajstić information content (AvgIpc) is 2.12. The second-order valence-electron chi connectivity index (χ2n) is 4.09. The van der Waals surface area contributed by atoms with E-state index in [-0.39, 0.29) is 0 Å². The smallest absolute Gasteiger partial charge is 0.284 e. The number of rotatable bonds is 8. The van der Waals surface area contributed by atoms with Crippen molar-refractivity contribution in [2.45, 2.75) is 52.3 Å². The first-order chi connectivity index (χ1) is 7.98. The summed E-state index contributed by atoms with van der Waals surface area (Å²) in [6, 6.07) is 0. The van der Waals surface area contributed by atoms with Crippen LogP contribution in [0.3, 0.4) is 0 Å². The molecule has 110 valence electrons. The number of hydrogen-bond acceptors (Lipinski definition) is 4. The summed E-state index contributed by atoms with van der Waals surface area (Å²) in [4.78, 5) is 0. The van der Waals surface area contributed by atoms with Crippen LogP contribution in [-0.2, 0) is 18.1 Å². The summed E-state index contributed by atoms with van der Waals surface area (Å²) in [5.74, 6) is -4.41. The average molecular weight is 296 g/mol. The van der Waals surface area contributed by atoms with Gasteiger partial charge in [0.25, 0.3) is 0 Å². The van der Waals surface area contributed by atoms with E-state index in [1.807, 2.05) is 0 Å². The Hall–Kier alpha value is -0.170. The zero-order chi connectivity index (χ0) is 14.6. The van der Waals surface area contributed by atoms with Gasteiger partial charge in [-0.25, -0.2) is 13.3 Å². The van der Waals surface area contributed by atoms with Crippen LogP contribution in [0.1, 0.15) is 27.7 Å². The molecule has 0 saturated carbocycles. The Bertz CT molecular complexity index is 282. The molecule has 0 rings (SSSR count). The Kier molecular flexibility index (Phi) is 6.78. The molecule has 0 amide bonds. The maximum Gasteiger partial charge on any atom is 0.475 e. The molecule has 0 aromatic heterocycles. The quantitative estimate of drug-likeness (QED) is 0.504. The zero-order valence-corrected chi connectivity index (χ0v) is 11.4. The Balaban J connectivity index is 4.66. The van der Waals surface area contributed by atoms with E-state index in [4.69, 9.17) is 9.05 Å². The molecule has 0 aliphatic heterocycles. The molecule has 0 spiro atoms. The Morgan fingerprint density at radius 1 is 1.06 bits per heavy atom. The Morgan fingerprint density at radius 2 is 1.44 bits per heavy atom. The van der Waals surface area contributed by atoms with E-state index < -0.39 is 39.0 Å². The maximum atomic E-state index is 12.6. The summed E-state index contributed by atoms with van der Waals surface area (Å²) in [5, 5.41) is 0. The largest absolute Gasteiger partial charge is 0.475 e. The van der Waals surface area contributed by atoms with Gasteiger partial charge in [0.15, 0.2) is 0 Å². The predicted molar refractivity (Wildman–Crippen MR) is 57.0 cm³/mol. The molecule has 0 N–H and O–H groups in total. The molecule has 0 aromatic rings. The third-order valence-electron chi connectivity index (χ3n) is 1.41. The number of phosphoric acid groups is 1. The third-order valence-corrected chi connectivity index (χ3v) is 3.22. The molecule has 0 unspecified atom stereocenters. The monoisotopic (exact) mass is 296 g/mol. The first kappa shape index (κ1) is 17.8. The fourth-order valence-corrected chi connectivity index (χ4v) is 2.36. The van der Waals surface area contributed by atoms with Gasteiger partial charge in [0, 0.05) is 0 Å². The molecule has 4 nitrogen and oxygen atoms in total. The van der Waals surface area contributed by atoms with Crippen LogP contribution in [0.25, 0.3) is 0 Å². The zero-order valence-electron chi connectivity index (χ0n) is 10.5. The lowest BCUT2D eigenvalue weighted by Gasteiger charge is -2.23. The molecule has 0 saturated heterocycles. The van der Waals surface area contributed by atoms with Crippen LogP contribution in [0.5, 0.6) is 0 Å². The maximum absolute atomic E-state index is 12.6. The molecule has 9 heteroatoms. The molecule has 0 aliphatic carbocycles. The highest BCUT2D eigenvalue weighted by Gasteiger charge is 2.44. The second kappa shape index (κ2) is 6.84. The second-order valence-corrected chi connectivity index (χ2v) is 5.66. The van der Waals surface area contributed by atoms with E-state index in [0.717, 1.165) is 0 Å². The topological polar surface area (TPSA) is 44.8 Å². The highest BCUT2D eigenvalue weighted by molar-refractivity contribution is 7.48. The van der Waals surface area contributed by atoms with Crippen molar-refractivity contribution in [1.82, 2.24) is 0 Å². The normalized spacial score (nSPS) is 13.9. The van der Waals surface area contributed by atoms with E-state index in [0.29, 0.717) is 0 Å². The van der Waals surface area contributed by atoms with Crippen LogP contribution in [0.15, 0.2) is 0 Å². The number of alkyl halides is 4. The summed E-state index contributed by atoms with van der Waals surface area (Å²) in [6.45, 7) is 4.17. The minimum Gasteiger partial charge on any atom is -0.284 e. The molecule has 0 atom stereocenters. The van der Waals surface area contributed by atoms with Gasteiger partial charge in [0.1, 0.15) is 6.61 Å². The van der Waals surface area contributed by atoms with Crippen LogP contribution in [0.4, 0.5) is 17.6 Å². The van der Waals surface area contributed by atoms with Gasteiger partial charge in [-0.3, -0.25) is 13.6 Å². The summed E-state index contributed by atoms with van der Waals surface area (Å²) in [6.07, 6.45) is -5.17. The van der Waals surface area contributed by atoms with E-state index in [1.165, 1.54) is 27.7 Å². The van der Waals surface area contributed by atoms with Crippen LogP contribution < -0.4 is 0 Å². The predicted octanol–water partition coefficient (Wildman–Crippen LogP) is 3.86. The highest BCUT2D eigenvalue weighted by Crippen LogP contribution is 2.52. The van der Waals surface area contributed by atoms with E-state index >= 15 is 0 Å². The lowest BCUT2D eigenvalue weighted by atomic mass is 10.4. The van der Waals surface area contributed by atoms with Crippen LogP contribution >= 0.6 is 7.82 Å². The SMILES string of the molecule is CC(C)OP(=O)(OCC(F)(F)C(F)F)OC(C)C. The van der Waals surface area contributed by atoms with Gasteiger partial charge in [0.05, 0.1) is 12.2 Å². The van der Waals surface area contributed by atoms with Crippen molar-refractivity contribution in [2.24, 2.45) is 0 Å². The van der Waals surface area contributed by atoms with Crippen molar-refractivity contribution >= 4 is 7.82 Å². The van der Waals surface area contributed by atoms with Gasteiger partial charge in [-0.1, -0.05) is 0 Å². The first-order valence-electron chi connectivity index (χ1n) is 5.26. The lowest BCUT2D eigenvalue weighted by Crippen LogP contribution is -2.32. The molecule has 0 heterocycles. The van der Waals surface area contributed by atoms with Gasteiger partial charge in [-0.15, -0.1) is 0 Å². The van der Waals surface area contributed by atoms with Crippen molar-refractivity contribution in [3.05, 3.63) is 0 Å². The van der Waals surface area contributed by atoms with Crippen molar-refractivity contribution < 1.29 is 35.7 Å². The van der Waals surface area contributed by atoms with E-state index in [1.54, 1.807) is 0 Å². The molecule has 0 radical (unpaired) electrons. The number of phosphoric ester groups is 1. The summed E-state index contributed by atoms with van der Waals surface area (Å²) >= 11 is 0. The van der Waals surface area contributed by atoms with Gasteiger partial charge < -0.3 is 0 Å². The highest BCUT2D eigenvalue weighted by atomic mass is 31.2. The summed E-state index contributed by atoms with van der Waals surface area (Å²) in [5.41, 5.74) is 0. The van der Waals surface area contributed by atoms with Gasteiger partial charge in [-0.05, 0) is 27.7 Å². The molecule has 0 fully saturated rings. The molecule has 0 aliphatic rings. The van der Waals surface area contributed by atoms with Crippen LogP contribution in [0, 0.1) is 0 Å². The van der Waals surface area contributed by atoms with Crippen LogP contribution in [-0.4, -0.2) is 31.2 Å². The van der Waals surface area contributed by atoms with Gasteiger partial charge >= 0.3 is 20.2 Å². The molecule has 18 heavy (non-hydrogen) atoms. The fraction of sp³-hybridized carbons (Fsp3) is 1.00. The van der Waals surface area contributed by atoms with Gasteiger partial charge in [0.2, 0.25) is 0 Å². The minimum atomic E-state index is -4.41. The Morgan fingerprint density at radius 3 is 1.72 bits per heavy atom. The van der Waals surface area contributed by atoms with Gasteiger partial charge in [-0.2, -0.15) is 8.78 Å². The standard InChI is InChI=1S/C9H17F4O4P/c1-6(2)16-18(14,17-7(3)4)15-5-9(12,13)8(10)11/h6-8H,5H2,1-4H3. The van der Waals surface area contributed by atoms with Crippen molar-refractivity contribution in [2.75, 3.05) is 6.61 Å². The molecule has 0 aromatic carbocycles. The summed E-state index contributed by atoms with van der Waals surface area (Å²) in [7, 11) is -4.28. The first-order valence-corrected chi connectivity index (χ1v) is 6.72. The molecule has 0 bridgehead atoms. The van der Waals surface area contributed by atoms with Crippen LogP contribution in [0.2, 0.25) is 0 Å². The Labute approximate surface area is 103 Å². The lowest BCUT2D eigenvalue weighted by molar-refractivity contribution is -0.153. The molecular formula is C9H17F4O4P. The third kappa shape index (κ3) is 6.68. The van der Waals surface area contributed by atoms with Crippen molar-refractivity contribution in [3.63, 3.8) is 0 Å². The summed E-state index contributed by atoms with van der Waals surface area (Å²) < 4.78 is 74.7. The molecular weight excluding hydrogens is 279 g/mol. The minimum absolute atomic E-state index is 0.630. The number of hydrogen-bond donors (Lipinski definition) is 0.